The molecule has 142 valence electrons. The fraction of sp³-hybridized carbons (Fsp3) is 0.235. The zero-order chi connectivity index (χ0) is 19.6. The molecule has 10 heteroatoms. The number of nitrogens with zero attached hydrogens (tertiary/aromatic N) is 2. The maximum absolute atomic E-state index is 12.4. The quantitative estimate of drug-likeness (QED) is 0.664. The van der Waals surface area contributed by atoms with E-state index in [9.17, 15) is 22.8 Å². The lowest BCUT2D eigenvalue weighted by Crippen LogP contribution is -2.37. The van der Waals surface area contributed by atoms with Crippen molar-refractivity contribution in [3.63, 3.8) is 0 Å². The predicted molar refractivity (Wildman–Crippen MR) is 96.4 cm³/mol. The Labute approximate surface area is 160 Å². The van der Waals surface area contributed by atoms with Crippen LogP contribution >= 0.6 is 11.3 Å². The van der Waals surface area contributed by atoms with E-state index >= 15 is 0 Å². The molecule has 0 spiro atoms. The van der Waals surface area contributed by atoms with Gasteiger partial charge in [-0.25, -0.2) is 12.7 Å². The van der Waals surface area contributed by atoms with E-state index in [-0.39, 0.29) is 10.5 Å². The Morgan fingerprint density at radius 3 is 2.63 bits per heavy atom. The van der Waals surface area contributed by atoms with Gasteiger partial charge in [0.05, 0.1) is 5.56 Å². The van der Waals surface area contributed by atoms with Crippen LogP contribution in [0.25, 0.3) is 0 Å². The highest BCUT2D eigenvalue weighted by atomic mass is 32.2. The van der Waals surface area contributed by atoms with E-state index in [0.717, 1.165) is 5.56 Å². The molecular formula is C17H16N2O6S2. The van der Waals surface area contributed by atoms with Crippen molar-refractivity contribution in [2.75, 3.05) is 20.2 Å². The Hall–Kier alpha value is -2.72. The second kappa shape index (κ2) is 7.49. The number of fused-ring (bicyclic) bond motifs is 1. The summed E-state index contributed by atoms with van der Waals surface area (Å²) < 4.78 is 30.1. The van der Waals surface area contributed by atoms with Crippen molar-refractivity contribution < 1.29 is 27.5 Å². The van der Waals surface area contributed by atoms with Gasteiger partial charge in [0, 0.05) is 13.6 Å². The fourth-order valence-corrected chi connectivity index (χ4v) is 4.72. The molecule has 2 heterocycles. The largest absolute Gasteiger partial charge is 0.454 e. The molecular weight excluding hydrogens is 392 g/mol. The van der Waals surface area contributed by atoms with Gasteiger partial charge < -0.3 is 9.64 Å². The summed E-state index contributed by atoms with van der Waals surface area (Å²) in [6, 6.07) is 7.59. The van der Waals surface area contributed by atoms with Crippen LogP contribution in [0.3, 0.4) is 0 Å². The average molecular weight is 408 g/mol. The molecule has 27 heavy (non-hydrogen) atoms. The molecule has 0 saturated heterocycles. The standard InChI is InChI=1S/C17H16N2O6S2/c1-18(8-12-6-7-26-11-12)15(20)10-25-16(21)9-19-17(22)13-4-2-3-5-14(13)27(19,23)24/h2-7,11H,8-10H2,1H3. The summed E-state index contributed by atoms with van der Waals surface area (Å²) >= 11 is 1.51. The smallest absolute Gasteiger partial charge is 0.327 e. The van der Waals surface area contributed by atoms with E-state index < -0.39 is 41.0 Å². The molecule has 0 N–H and O–H groups in total. The van der Waals surface area contributed by atoms with Gasteiger partial charge in [-0.05, 0) is 34.5 Å². The molecule has 3 rings (SSSR count). The van der Waals surface area contributed by atoms with Crippen LogP contribution in [0.5, 0.6) is 0 Å². The van der Waals surface area contributed by atoms with Crippen molar-refractivity contribution in [1.29, 1.82) is 0 Å². The van der Waals surface area contributed by atoms with E-state index in [0.29, 0.717) is 10.8 Å². The molecule has 0 saturated carbocycles. The third-order valence-corrected chi connectivity index (χ3v) is 6.49. The SMILES string of the molecule is CN(Cc1ccsc1)C(=O)COC(=O)CN1C(=O)c2ccccc2S1(=O)=O. The summed E-state index contributed by atoms with van der Waals surface area (Å²) in [5, 5.41) is 3.79. The van der Waals surface area contributed by atoms with Crippen LogP contribution in [-0.2, 0) is 30.9 Å². The summed E-state index contributed by atoms with van der Waals surface area (Å²) in [4.78, 5) is 37.5. The lowest BCUT2D eigenvalue weighted by molar-refractivity contribution is -0.151. The average Bonchev–Trinajstić information content (AvgIpc) is 3.21. The minimum atomic E-state index is -4.09. The first kappa shape index (κ1) is 19.1. The molecule has 1 aliphatic heterocycles. The second-order valence-electron chi connectivity index (χ2n) is 5.86. The highest BCUT2D eigenvalue weighted by molar-refractivity contribution is 7.90. The van der Waals surface area contributed by atoms with Gasteiger partial charge in [-0.2, -0.15) is 11.3 Å². The lowest BCUT2D eigenvalue weighted by atomic mass is 10.2. The highest BCUT2D eigenvalue weighted by Gasteiger charge is 2.42. The Balaban J connectivity index is 1.57. The normalized spacial score (nSPS) is 14.7. The van der Waals surface area contributed by atoms with Crippen LogP contribution in [0.1, 0.15) is 15.9 Å². The summed E-state index contributed by atoms with van der Waals surface area (Å²) in [7, 11) is -2.52. The number of thiophene rings is 1. The van der Waals surface area contributed by atoms with E-state index in [1.165, 1.54) is 40.5 Å². The van der Waals surface area contributed by atoms with Crippen molar-refractivity contribution in [3.05, 3.63) is 52.2 Å². The molecule has 1 aromatic carbocycles. The van der Waals surface area contributed by atoms with Gasteiger partial charge in [0.1, 0.15) is 11.4 Å². The Kier molecular flexibility index (Phi) is 5.29. The Morgan fingerprint density at radius 1 is 1.22 bits per heavy atom. The second-order valence-corrected chi connectivity index (χ2v) is 8.47. The van der Waals surface area contributed by atoms with Crippen molar-refractivity contribution in [3.8, 4) is 0 Å². The number of amides is 2. The monoisotopic (exact) mass is 408 g/mol. The molecule has 1 aliphatic rings. The number of carbonyl (C=O) groups excluding carboxylic acids is 3. The third kappa shape index (κ3) is 3.86. The Morgan fingerprint density at radius 2 is 1.96 bits per heavy atom. The van der Waals surface area contributed by atoms with Crippen molar-refractivity contribution in [2.45, 2.75) is 11.4 Å². The third-order valence-electron chi connectivity index (χ3n) is 3.97. The van der Waals surface area contributed by atoms with Gasteiger partial charge in [-0.3, -0.25) is 14.4 Å². The van der Waals surface area contributed by atoms with Crippen molar-refractivity contribution in [1.82, 2.24) is 9.21 Å². The van der Waals surface area contributed by atoms with Crippen LogP contribution in [0, 0.1) is 0 Å². The zero-order valence-electron chi connectivity index (χ0n) is 14.3. The first-order valence-corrected chi connectivity index (χ1v) is 10.3. The summed E-state index contributed by atoms with van der Waals surface area (Å²) in [6.07, 6.45) is 0. The van der Waals surface area contributed by atoms with Crippen LogP contribution in [0.15, 0.2) is 46.0 Å². The summed E-state index contributed by atoms with van der Waals surface area (Å²) in [6.45, 7) is -0.944. The number of hydrogen-bond acceptors (Lipinski definition) is 7. The van der Waals surface area contributed by atoms with Gasteiger partial charge in [-0.1, -0.05) is 12.1 Å². The number of likely N-dealkylation sites (N-methyl/N-ethyl adjacent to an activating group) is 1. The number of ether oxygens (including phenoxy) is 1. The van der Waals surface area contributed by atoms with E-state index in [1.54, 1.807) is 7.05 Å². The molecule has 0 fully saturated rings. The number of carbonyl (C=O) groups is 3. The van der Waals surface area contributed by atoms with E-state index in [1.807, 2.05) is 16.8 Å². The van der Waals surface area contributed by atoms with Gasteiger partial charge in [-0.15, -0.1) is 0 Å². The zero-order valence-corrected chi connectivity index (χ0v) is 16.0. The summed E-state index contributed by atoms with van der Waals surface area (Å²) in [5.41, 5.74) is 0.963. The topological polar surface area (TPSA) is 101 Å². The molecule has 2 aromatic rings. The molecule has 8 nitrogen and oxygen atoms in total. The van der Waals surface area contributed by atoms with Gasteiger partial charge in [0.25, 0.3) is 21.8 Å². The molecule has 0 radical (unpaired) electrons. The highest BCUT2D eigenvalue weighted by Crippen LogP contribution is 2.29. The maximum Gasteiger partial charge on any atom is 0.327 e. The van der Waals surface area contributed by atoms with Gasteiger partial charge in [0.15, 0.2) is 6.61 Å². The number of benzene rings is 1. The first-order valence-electron chi connectivity index (χ1n) is 7.87. The van der Waals surface area contributed by atoms with Gasteiger partial charge in [0.2, 0.25) is 0 Å². The van der Waals surface area contributed by atoms with Gasteiger partial charge >= 0.3 is 5.97 Å². The number of esters is 1. The van der Waals surface area contributed by atoms with Crippen LogP contribution in [0.2, 0.25) is 0 Å². The lowest BCUT2D eigenvalue weighted by Gasteiger charge is -2.17. The van der Waals surface area contributed by atoms with E-state index in [4.69, 9.17) is 4.74 Å². The fourth-order valence-electron chi connectivity index (χ4n) is 2.55. The predicted octanol–water partition coefficient (Wildman–Crippen LogP) is 1.09. The van der Waals surface area contributed by atoms with Crippen LogP contribution in [-0.4, -0.2) is 55.6 Å². The first-order chi connectivity index (χ1) is 12.8. The van der Waals surface area contributed by atoms with Crippen molar-refractivity contribution >= 4 is 39.1 Å². The number of hydrogen-bond donors (Lipinski definition) is 0. The Bertz CT molecular complexity index is 985. The molecule has 0 aliphatic carbocycles. The molecule has 2 amide bonds. The van der Waals surface area contributed by atoms with Crippen LogP contribution in [0.4, 0.5) is 0 Å². The van der Waals surface area contributed by atoms with E-state index in [2.05, 4.69) is 0 Å². The van der Waals surface area contributed by atoms with Crippen molar-refractivity contribution in [2.24, 2.45) is 0 Å². The molecule has 0 atom stereocenters. The molecule has 1 aromatic heterocycles. The van der Waals surface area contributed by atoms with Crippen LogP contribution < -0.4 is 0 Å². The maximum atomic E-state index is 12.4. The number of rotatable bonds is 6. The minimum Gasteiger partial charge on any atom is -0.454 e. The summed E-state index contributed by atoms with van der Waals surface area (Å²) in [5.74, 6) is -2.20. The number of sulfonamides is 1. The molecule has 0 unspecified atom stereocenters. The minimum absolute atomic E-state index is 0.0110. The molecule has 0 bridgehead atoms.